The van der Waals surface area contributed by atoms with Gasteiger partial charge in [-0.25, -0.2) is 4.79 Å². The highest BCUT2D eigenvalue weighted by molar-refractivity contribution is 5.89. The number of rotatable bonds is 4. The number of urea groups is 1. The largest absolute Gasteiger partial charge is 0.388 e. The molecule has 2 aliphatic rings. The van der Waals surface area contributed by atoms with E-state index in [9.17, 15) is 14.7 Å². The molecule has 3 amide bonds. The maximum Gasteiger partial charge on any atom is 0.319 e. The second-order valence-corrected chi connectivity index (χ2v) is 6.62. The molecule has 0 aliphatic carbocycles. The van der Waals surface area contributed by atoms with E-state index in [0.29, 0.717) is 25.3 Å². The molecule has 3 rings (SSSR count). The Kier molecular flexibility index (Phi) is 6.02. The molecule has 0 saturated carbocycles. The van der Waals surface area contributed by atoms with Crippen molar-refractivity contribution in [3.05, 3.63) is 24.5 Å². The van der Waals surface area contributed by atoms with Gasteiger partial charge in [0.15, 0.2) is 0 Å². The van der Waals surface area contributed by atoms with Gasteiger partial charge in [0.25, 0.3) is 0 Å². The fourth-order valence-electron chi connectivity index (χ4n) is 3.24. The van der Waals surface area contributed by atoms with Crippen molar-refractivity contribution >= 4 is 17.6 Å². The number of amides is 3. The van der Waals surface area contributed by atoms with Crippen LogP contribution >= 0.6 is 0 Å². The summed E-state index contributed by atoms with van der Waals surface area (Å²) in [5.74, 6) is 0.0886. The van der Waals surface area contributed by atoms with Crippen LogP contribution < -0.4 is 10.6 Å². The molecule has 3 unspecified atom stereocenters. The van der Waals surface area contributed by atoms with Crippen LogP contribution in [0.4, 0.5) is 10.5 Å². The molecule has 9 heteroatoms. The summed E-state index contributed by atoms with van der Waals surface area (Å²) in [6.45, 7) is 5.31. The molecule has 2 saturated heterocycles. The van der Waals surface area contributed by atoms with Gasteiger partial charge < -0.3 is 25.4 Å². The van der Waals surface area contributed by atoms with E-state index < -0.39 is 18.2 Å². The van der Waals surface area contributed by atoms with Crippen LogP contribution in [0.2, 0.25) is 0 Å². The topological polar surface area (TPSA) is 107 Å². The van der Waals surface area contributed by atoms with Gasteiger partial charge in [0.1, 0.15) is 6.10 Å². The third-order valence-corrected chi connectivity index (χ3v) is 4.77. The number of aliphatic hydroxyl groups excluding tert-OH is 1. The number of pyridine rings is 1. The summed E-state index contributed by atoms with van der Waals surface area (Å²) in [6.07, 6.45) is 2.03. The van der Waals surface area contributed by atoms with Crippen molar-refractivity contribution in [2.45, 2.75) is 25.2 Å². The second kappa shape index (κ2) is 8.43. The average molecular weight is 363 g/mol. The van der Waals surface area contributed by atoms with Crippen LogP contribution in [0, 0.1) is 0 Å². The van der Waals surface area contributed by atoms with Gasteiger partial charge in [-0.1, -0.05) is 0 Å². The predicted molar refractivity (Wildman–Crippen MR) is 94.6 cm³/mol. The van der Waals surface area contributed by atoms with E-state index in [2.05, 4.69) is 20.5 Å². The third-order valence-electron chi connectivity index (χ3n) is 4.77. The first-order chi connectivity index (χ1) is 12.5. The lowest BCUT2D eigenvalue weighted by molar-refractivity contribution is -0.130. The number of aliphatic hydroxyl groups is 1. The molecule has 0 spiro atoms. The molecule has 3 N–H and O–H groups in total. The van der Waals surface area contributed by atoms with Crippen LogP contribution in [0.3, 0.4) is 0 Å². The molecule has 1 aromatic heterocycles. The molecule has 0 bridgehead atoms. The monoisotopic (exact) mass is 363 g/mol. The molecule has 1 aromatic rings. The van der Waals surface area contributed by atoms with E-state index in [4.69, 9.17) is 4.74 Å². The van der Waals surface area contributed by atoms with E-state index in [1.165, 1.54) is 0 Å². The zero-order valence-electron chi connectivity index (χ0n) is 14.8. The number of carbonyl (C=O) groups is 2. The van der Waals surface area contributed by atoms with Gasteiger partial charge in [0.05, 0.1) is 30.6 Å². The predicted octanol–water partition coefficient (Wildman–Crippen LogP) is -0.504. The van der Waals surface area contributed by atoms with E-state index in [0.717, 1.165) is 13.1 Å². The lowest BCUT2D eigenvalue weighted by Crippen LogP contribution is -2.52. The van der Waals surface area contributed by atoms with Gasteiger partial charge in [0, 0.05) is 45.8 Å². The van der Waals surface area contributed by atoms with Crippen LogP contribution in [0.5, 0.6) is 0 Å². The Morgan fingerprint density at radius 2 is 2.12 bits per heavy atom. The standard InChI is InChI=1S/C17H25N5O4/c1-12(23)22-7-5-21(6-8-22)10-15-16(24)14(11-26-15)20-17(25)19-13-3-2-4-18-9-13/h2-4,9,14-16,24H,5-8,10-11H2,1H3,(H2,19,20,25). The number of nitrogens with zero attached hydrogens (tertiary/aromatic N) is 3. The van der Waals surface area contributed by atoms with Gasteiger partial charge in [-0.05, 0) is 12.1 Å². The summed E-state index contributed by atoms with van der Waals surface area (Å²) < 4.78 is 5.68. The van der Waals surface area contributed by atoms with Crippen LogP contribution in [0.15, 0.2) is 24.5 Å². The first-order valence-electron chi connectivity index (χ1n) is 8.78. The van der Waals surface area contributed by atoms with E-state index >= 15 is 0 Å². The zero-order chi connectivity index (χ0) is 18.5. The molecular weight excluding hydrogens is 338 g/mol. The quantitative estimate of drug-likeness (QED) is 0.666. The molecule has 0 aromatic carbocycles. The minimum atomic E-state index is -0.777. The van der Waals surface area contributed by atoms with Gasteiger partial charge >= 0.3 is 6.03 Å². The van der Waals surface area contributed by atoms with Crippen LogP contribution in [-0.2, 0) is 9.53 Å². The number of nitrogens with one attached hydrogen (secondary N) is 2. The van der Waals surface area contributed by atoms with Crippen molar-refractivity contribution in [3.8, 4) is 0 Å². The molecule has 0 radical (unpaired) electrons. The summed E-state index contributed by atoms with van der Waals surface area (Å²) in [5, 5.41) is 15.9. The minimum absolute atomic E-state index is 0.0886. The SMILES string of the molecule is CC(=O)N1CCN(CC2OCC(NC(=O)Nc3cccnc3)C2O)CC1. The molecule has 142 valence electrons. The number of aromatic nitrogens is 1. The number of anilines is 1. The van der Waals surface area contributed by atoms with Crippen LogP contribution in [0.1, 0.15) is 6.92 Å². The van der Waals surface area contributed by atoms with Crippen molar-refractivity contribution in [3.63, 3.8) is 0 Å². The molecular formula is C17H25N5O4. The normalized spacial score (nSPS) is 26.5. The zero-order valence-corrected chi connectivity index (χ0v) is 14.8. The number of piperazine rings is 1. The highest BCUT2D eigenvalue weighted by Crippen LogP contribution is 2.17. The Bertz CT molecular complexity index is 621. The Balaban J connectivity index is 1.44. The van der Waals surface area contributed by atoms with Gasteiger partial charge in [-0.3, -0.25) is 14.7 Å². The Labute approximate surface area is 152 Å². The van der Waals surface area contributed by atoms with Gasteiger partial charge in [-0.2, -0.15) is 0 Å². The van der Waals surface area contributed by atoms with Crippen molar-refractivity contribution in [1.29, 1.82) is 0 Å². The summed E-state index contributed by atoms with van der Waals surface area (Å²) in [6, 6.07) is 2.60. The molecule has 26 heavy (non-hydrogen) atoms. The van der Waals surface area contributed by atoms with E-state index in [1.54, 1.807) is 31.5 Å². The van der Waals surface area contributed by atoms with E-state index in [1.807, 2.05) is 4.90 Å². The lowest BCUT2D eigenvalue weighted by Gasteiger charge is -2.35. The minimum Gasteiger partial charge on any atom is -0.388 e. The fraction of sp³-hybridized carbons (Fsp3) is 0.588. The highest BCUT2D eigenvalue weighted by atomic mass is 16.5. The lowest BCUT2D eigenvalue weighted by atomic mass is 10.1. The number of hydrogen-bond donors (Lipinski definition) is 3. The van der Waals surface area contributed by atoms with Crippen molar-refractivity contribution in [1.82, 2.24) is 20.1 Å². The number of ether oxygens (including phenoxy) is 1. The van der Waals surface area contributed by atoms with E-state index in [-0.39, 0.29) is 18.6 Å². The molecule has 3 heterocycles. The van der Waals surface area contributed by atoms with Crippen LogP contribution in [0.25, 0.3) is 0 Å². The Morgan fingerprint density at radius 3 is 2.77 bits per heavy atom. The number of carbonyl (C=O) groups excluding carboxylic acids is 2. The fourth-order valence-corrected chi connectivity index (χ4v) is 3.24. The smallest absolute Gasteiger partial charge is 0.319 e. The maximum atomic E-state index is 12.0. The first kappa shape index (κ1) is 18.6. The second-order valence-electron chi connectivity index (χ2n) is 6.62. The summed E-state index contributed by atoms with van der Waals surface area (Å²) in [5.41, 5.74) is 0.582. The highest BCUT2D eigenvalue weighted by Gasteiger charge is 2.38. The van der Waals surface area contributed by atoms with Crippen molar-refractivity contribution in [2.75, 3.05) is 44.6 Å². The van der Waals surface area contributed by atoms with Crippen molar-refractivity contribution in [2.24, 2.45) is 0 Å². The summed E-state index contributed by atoms with van der Waals surface area (Å²) in [4.78, 5) is 31.3. The van der Waals surface area contributed by atoms with Crippen molar-refractivity contribution < 1.29 is 19.4 Å². The van der Waals surface area contributed by atoms with Crippen LogP contribution in [-0.4, -0.2) is 89.4 Å². The van der Waals surface area contributed by atoms with Gasteiger partial charge in [-0.15, -0.1) is 0 Å². The Hall–Kier alpha value is -2.23. The molecule has 9 nitrogen and oxygen atoms in total. The molecule has 3 atom stereocenters. The maximum absolute atomic E-state index is 12.0. The third kappa shape index (κ3) is 4.69. The Morgan fingerprint density at radius 1 is 1.35 bits per heavy atom. The molecule has 2 aliphatic heterocycles. The first-order valence-corrected chi connectivity index (χ1v) is 8.78. The molecule has 2 fully saturated rings. The average Bonchev–Trinajstić information content (AvgIpc) is 2.96. The number of hydrogen-bond acceptors (Lipinski definition) is 6. The summed E-state index contributed by atoms with van der Waals surface area (Å²) >= 11 is 0. The van der Waals surface area contributed by atoms with Gasteiger partial charge in [0.2, 0.25) is 5.91 Å². The summed E-state index contributed by atoms with van der Waals surface area (Å²) in [7, 11) is 0.